The van der Waals surface area contributed by atoms with Gasteiger partial charge in [0.2, 0.25) is 17.4 Å². The fourth-order valence-electron chi connectivity index (χ4n) is 3.72. The summed E-state index contributed by atoms with van der Waals surface area (Å²) in [4.78, 5) is 40.2. The molecule has 0 aromatic heterocycles. The third-order valence-electron chi connectivity index (χ3n) is 5.46. The summed E-state index contributed by atoms with van der Waals surface area (Å²) in [6.45, 7) is 1.89. The predicted octanol–water partition coefficient (Wildman–Crippen LogP) is 2.35. The van der Waals surface area contributed by atoms with E-state index in [1.54, 1.807) is 4.90 Å². The van der Waals surface area contributed by atoms with Crippen LogP contribution in [0.1, 0.15) is 10.4 Å². The molecule has 1 fully saturated rings. The maximum Gasteiger partial charge on any atom is 0.327 e. The number of nitro groups is 1. The molecule has 34 heavy (non-hydrogen) atoms. The Kier molecular flexibility index (Phi) is 8.00. The molecule has 1 aliphatic heterocycles. The second kappa shape index (κ2) is 10.9. The van der Waals surface area contributed by atoms with Crippen molar-refractivity contribution in [1.29, 1.82) is 0 Å². The largest absolute Gasteiger partial charge is 0.493 e. The number of nitro benzene ring substituents is 1. The van der Waals surface area contributed by atoms with Gasteiger partial charge >= 0.3 is 5.69 Å². The van der Waals surface area contributed by atoms with Crippen molar-refractivity contribution < 1.29 is 28.7 Å². The zero-order valence-corrected chi connectivity index (χ0v) is 19.8. The molecule has 12 heteroatoms. The third kappa shape index (κ3) is 5.25. The number of nitrogens with zero attached hydrogens (tertiary/aromatic N) is 3. The van der Waals surface area contributed by atoms with Crippen LogP contribution >= 0.6 is 11.6 Å². The number of ether oxygens (including phenoxy) is 3. The van der Waals surface area contributed by atoms with Crippen molar-refractivity contribution in [1.82, 2.24) is 10.2 Å². The lowest BCUT2D eigenvalue weighted by Crippen LogP contribution is -2.51. The SMILES string of the molecule is COc1cc(C(=O)NCC(=O)N2CCN(c3ccc(Cl)cc3)CC2)c([N+](=O)[O-])c(OC)c1OC. The van der Waals surface area contributed by atoms with E-state index < -0.39 is 16.5 Å². The number of piperazine rings is 1. The van der Waals surface area contributed by atoms with Crippen LogP contribution in [0, 0.1) is 10.1 Å². The van der Waals surface area contributed by atoms with Gasteiger partial charge in [-0.25, -0.2) is 0 Å². The molecule has 11 nitrogen and oxygen atoms in total. The highest BCUT2D eigenvalue weighted by atomic mass is 35.5. The third-order valence-corrected chi connectivity index (χ3v) is 5.71. The van der Waals surface area contributed by atoms with Crippen LogP contribution in [-0.2, 0) is 4.79 Å². The number of halogens is 1. The summed E-state index contributed by atoms with van der Waals surface area (Å²) in [6, 6.07) is 8.65. The van der Waals surface area contributed by atoms with E-state index in [1.807, 2.05) is 24.3 Å². The molecule has 1 saturated heterocycles. The van der Waals surface area contributed by atoms with Crippen LogP contribution in [0.15, 0.2) is 30.3 Å². The average molecular weight is 493 g/mol. The Labute approximate surface area is 201 Å². The standard InChI is InChI=1S/C22H25ClN4O7/c1-32-17-12-16(19(27(30)31)21(34-3)20(17)33-2)22(29)24-13-18(28)26-10-8-25(9-11-26)15-6-4-14(23)5-7-15/h4-7,12H,8-11,13H2,1-3H3,(H,24,29). The van der Waals surface area contributed by atoms with E-state index in [2.05, 4.69) is 10.2 Å². The van der Waals surface area contributed by atoms with Gasteiger partial charge in [-0.2, -0.15) is 0 Å². The Bertz CT molecular complexity index is 1070. The summed E-state index contributed by atoms with van der Waals surface area (Å²) < 4.78 is 15.5. The number of hydrogen-bond donors (Lipinski definition) is 1. The molecule has 3 rings (SSSR count). The van der Waals surface area contributed by atoms with E-state index >= 15 is 0 Å². The number of nitrogens with one attached hydrogen (secondary N) is 1. The fraction of sp³-hybridized carbons (Fsp3) is 0.364. The zero-order valence-electron chi connectivity index (χ0n) is 19.0. The molecular weight excluding hydrogens is 468 g/mol. The molecule has 1 aliphatic rings. The van der Waals surface area contributed by atoms with Gasteiger partial charge < -0.3 is 29.3 Å². The first kappa shape index (κ1) is 24.9. The van der Waals surface area contributed by atoms with Gasteiger partial charge in [-0.05, 0) is 24.3 Å². The van der Waals surface area contributed by atoms with Gasteiger partial charge in [-0.3, -0.25) is 19.7 Å². The number of rotatable bonds is 8. The van der Waals surface area contributed by atoms with E-state index in [4.69, 9.17) is 25.8 Å². The Morgan fingerprint density at radius 3 is 2.18 bits per heavy atom. The Morgan fingerprint density at radius 2 is 1.65 bits per heavy atom. The molecule has 182 valence electrons. The molecule has 0 atom stereocenters. The highest BCUT2D eigenvalue weighted by molar-refractivity contribution is 6.30. The maximum atomic E-state index is 12.8. The number of methoxy groups -OCH3 is 3. The van der Waals surface area contributed by atoms with Crippen LogP contribution in [0.4, 0.5) is 11.4 Å². The van der Waals surface area contributed by atoms with Gasteiger partial charge in [0.25, 0.3) is 5.91 Å². The number of carbonyl (C=O) groups excluding carboxylic acids is 2. The molecule has 1 heterocycles. The summed E-state index contributed by atoms with van der Waals surface area (Å²) in [6.07, 6.45) is 0. The maximum absolute atomic E-state index is 12.8. The van der Waals surface area contributed by atoms with E-state index in [-0.39, 0.29) is 35.3 Å². The van der Waals surface area contributed by atoms with Crippen molar-refractivity contribution in [3.63, 3.8) is 0 Å². The highest BCUT2D eigenvalue weighted by Crippen LogP contribution is 2.46. The Balaban J connectivity index is 1.67. The normalized spacial score (nSPS) is 13.3. The second-order valence-electron chi connectivity index (χ2n) is 7.33. The lowest BCUT2D eigenvalue weighted by atomic mass is 10.1. The van der Waals surface area contributed by atoms with Crippen molar-refractivity contribution >= 4 is 34.8 Å². The molecule has 2 aromatic carbocycles. The van der Waals surface area contributed by atoms with Crippen LogP contribution in [0.2, 0.25) is 5.02 Å². The van der Waals surface area contributed by atoms with Crippen molar-refractivity contribution in [2.75, 3.05) is 59.0 Å². The van der Waals surface area contributed by atoms with Crippen LogP contribution in [0.5, 0.6) is 17.2 Å². The molecule has 0 aliphatic carbocycles. The first-order valence-electron chi connectivity index (χ1n) is 10.3. The molecule has 1 N–H and O–H groups in total. The highest BCUT2D eigenvalue weighted by Gasteiger charge is 2.33. The first-order chi connectivity index (χ1) is 16.3. The summed E-state index contributed by atoms with van der Waals surface area (Å²) in [5.74, 6) is -1.28. The number of hydrogen-bond acceptors (Lipinski definition) is 8. The van der Waals surface area contributed by atoms with Crippen LogP contribution in [0.3, 0.4) is 0 Å². The van der Waals surface area contributed by atoms with Gasteiger partial charge in [-0.1, -0.05) is 11.6 Å². The molecule has 0 radical (unpaired) electrons. The molecule has 0 unspecified atom stereocenters. The van der Waals surface area contributed by atoms with E-state index in [0.717, 1.165) is 5.69 Å². The number of anilines is 1. The summed E-state index contributed by atoms with van der Waals surface area (Å²) in [7, 11) is 3.85. The minimum atomic E-state index is -0.806. The average Bonchev–Trinajstić information content (AvgIpc) is 2.85. The van der Waals surface area contributed by atoms with Crippen molar-refractivity contribution in [3.8, 4) is 17.2 Å². The lowest BCUT2D eigenvalue weighted by Gasteiger charge is -2.36. The molecule has 0 spiro atoms. The fourth-order valence-corrected chi connectivity index (χ4v) is 3.85. The number of amides is 2. The lowest BCUT2D eigenvalue weighted by molar-refractivity contribution is -0.386. The Morgan fingerprint density at radius 1 is 1.03 bits per heavy atom. The summed E-state index contributed by atoms with van der Waals surface area (Å²) in [5.41, 5.74) is 0.126. The van der Waals surface area contributed by atoms with E-state index in [0.29, 0.717) is 31.2 Å². The van der Waals surface area contributed by atoms with Gasteiger partial charge in [0, 0.05) is 43.0 Å². The quantitative estimate of drug-likeness (QED) is 0.440. The summed E-state index contributed by atoms with van der Waals surface area (Å²) >= 11 is 5.93. The van der Waals surface area contributed by atoms with Crippen molar-refractivity contribution in [2.45, 2.75) is 0 Å². The van der Waals surface area contributed by atoms with Crippen LogP contribution < -0.4 is 24.4 Å². The first-order valence-corrected chi connectivity index (χ1v) is 10.7. The zero-order chi connectivity index (χ0) is 24.8. The summed E-state index contributed by atoms with van der Waals surface area (Å²) in [5, 5.41) is 14.8. The number of carbonyl (C=O) groups is 2. The topological polar surface area (TPSA) is 123 Å². The van der Waals surface area contributed by atoms with Crippen molar-refractivity contribution in [3.05, 3.63) is 51.0 Å². The minimum absolute atomic E-state index is 0.0112. The molecule has 0 saturated carbocycles. The van der Waals surface area contributed by atoms with Gasteiger partial charge in [0.15, 0.2) is 5.75 Å². The van der Waals surface area contributed by atoms with E-state index in [9.17, 15) is 19.7 Å². The molecule has 0 bridgehead atoms. The van der Waals surface area contributed by atoms with Gasteiger partial charge in [-0.15, -0.1) is 0 Å². The smallest absolute Gasteiger partial charge is 0.327 e. The monoisotopic (exact) mass is 492 g/mol. The Hall–Kier alpha value is -3.73. The van der Waals surface area contributed by atoms with Crippen LogP contribution in [-0.4, -0.2) is 75.7 Å². The van der Waals surface area contributed by atoms with Crippen molar-refractivity contribution in [2.24, 2.45) is 0 Å². The van der Waals surface area contributed by atoms with E-state index in [1.165, 1.54) is 27.4 Å². The van der Waals surface area contributed by atoms with Gasteiger partial charge in [0.05, 0.1) is 32.8 Å². The van der Waals surface area contributed by atoms with Crippen LogP contribution in [0.25, 0.3) is 0 Å². The second-order valence-corrected chi connectivity index (χ2v) is 7.76. The van der Waals surface area contributed by atoms with Gasteiger partial charge in [0.1, 0.15) is 5.56 Å². The molecule has 2 amide bonds. The minimum Gasteiger partial charge on any atom is -0.493 e. The molecule has 2 aromatic rings. The number of benzene rings is 2. The molecular formula is C22H25ClN4O7. The predicted molar refractivity (Wildman–Crippen MR) is 125 cm³/mol.